The molecule has 0 amide bonds. The van der Waals surface area contributed by atoms with Gasteiger partial charge in [0.05, 0.1) is 5.97 Å². The normalized spacial score (nSPS) is 10.7. The molecule has 0 saturated heterocycles. The van der Waals surface area contributed by atoms with Crippen molar-refractivity contribution in [1.82, 2.24) is 0 Å². The highest BCUT2D eigenvalue weighted by Gasteiger charge is 2.04. The monoisotopic (exact) mass is 349 g/mol. The molecule has 2 aromatic carbocycles. The van der Waals surface area contributed by atoms with Crippen molar-refractivity contribution in [3.8, 4) is 5.75 Å². The van der Waals surface area contributed by atoms with Crippen LogP contribution in [-0.4, -0.2) is 18.4 Å². The SMILES string of the molecule is O=C([O-])COc1ccc(C(=O)/C=C/c2ccc(Cl)cc2Cl)cc1. The number of ether oxygens (including phenoxy) is 1. The molecule has 0 fully saturated rings. The van der Waals surface area contributed by atoms with Crippen molar-refractivity contribution in [2.24, 2.45) is 0 Å². The van der Waals surface area contributed by atoms with Crippen LogP contribution < -0.4 is 9.84 Å². The van der Waals surface area contributed by atoms with Crippen LogP contribution in [0.4, 0.5) is 0 Å². The fourth-order valence-electron chi connectivity index (χ4n) is 1.76. The molecule has 23 heavy (non-hydrogen) atoms. The molecule has 0 aliphatic rings. The lowest BCUT2D eigenvalue weighted by Gasteiger charge is -2.06. The third-order valence-corrected chi connectivity index (χ3v) is 3.43. The van der Waals surface area contributed by atoms with Gasteiger partial charge in [-0.3, -0.25) is 4.79 Å². The number of carboxylic acids is 1. The molecule has 6 heteroatoms. The van der Waals surface area contributed by atoms with Crippen LogP contribution in [0.2, 0.25) is 10.0 Å². The Morgan fingerprint density at radius 3 is 2.39 bits per heavy atom. The molecule has 0 aliphatic heterocycles. The minimum Gasteiger partial charge on any atom is -0.546 e. The maximum atomic E-state index is 12.1. The van der Waals surface area contributed by atoms with Gasteiger partial charge in [0.1, 0.15) is 12.4 Å². The summed E-state index contributed by atoms with van der Waals surface area (Å²) >= 11 is 11.8. The molecule has 118 valence electrons. The van der Waals surface area contributed by atoms with Crippen molar-refractivity contribution < 1.29 is 19.4 Å². The van der Waals surface area contributed by atoms with E-state index in [9.17, 15) is 14.7 Å². The van der Waals surface area contributed by atoms with E-state index in [-0.39, 0.29) is 5.78 Å². The van der Waals surface area contributed by atoms with Crippen LogP contribution in [0, 0.1) is 0 Å². The Hall–Kier alpha value is -2.30. The third kappa shape index (κ3) is 5.13. The van der Waals surface area contributed by atoms with Gasteiger partial charge >= 0.3 is 0 Å². The highest BCUT2D eigenvalue weighted by molar-refractivity contribution is 6.35. The largest absolute Gasteiger partial charge is 0.546 e. The zero-order valence-corrected chi connectivity index (χ0v) is 13.3. The molecule has 0 aromatic heterocycles. The van der Waals surface area contributed by atoms with Gasteiger partial charge in [0.15, 0.2) is 5.78 Å². The Morgan fingerprint density at radius 2 is 1.78 bits per heavy atom. The number of carbonyl (C=O) groups excluding carboxylic acids is 2. The summed E-state index contributed by atoms with van der Waals surface area (Å²) in [5.74, 6) is -1.19. The van der Waals surface area contributed by atoms with Crippen molar-refractivity contribution >= 4 is 41.0 Å². The van der Waals surface area contributed by atoms with Gasteiger partial charge in [-0.05, 0) is 54.1 Å². The number of benzene rings is 2. The third-order valence-electron chi connectivity index (χ3n) is 2.87. The van der Waals surface area contributed by atoms with Gasteiger partial charge < -0.3 is 14.6 Å². The number of carbonyl (C=O) groups is 2. The van der Waals surface area contributed by atoms with Gasteiger partial charge in [-0.1, -0.05) is 29.3 Å². The molecular formula is C17H11Cl2O4-. The fraction of sp³-hybridized carbons (Fsp3) is 0.0588. The van der Waals surface area contributed by atoms with Gasteiger partial charge in [0, 0.05) is 15.6 Å². The summed E-state index contributed by atoms with van der Waals surface area (Å²) in [6, 6.07) is 11.1. The van der Waals surface area contributed by atoms with E-state index in [0.29, 0.717) is 26.9 Å². The summed E-state index contributed by atoms with van der Waals surface area (Å²) in [6.45, 7) is -0.539. The highest BCUT2D eigenvalue weighted by atomic mass is 35.5. The van der Waals surface area contributed by atoms with E-state index in [1.54, 1.807) is 36.4 Å². The second-order valence-corrected chi connectivity index (χ2v) is 5.39. The number of hydrogen-bond acceptors (Lipinski definition) is 4. The van der Waals surface area contributed by atoms with Crippen LogP contribution in [-0.2, 0) is 4.79 Å². The maximum Gasteiger partial charge on any atom is 0.185 e. The Kier molecular flexibility index (Phi) is 5.79. The number of rotatable bonds is 6. The first-order valence-corrected chi connectivity index (χ1v) is 7.31. The lowest BCUT2D eigenvalue weighted by atomic mass is 10.1. The molecule has 0 saturated carbocycles. The van der Waals surface area contributed by atoms with Gasteiger partial charge in [-0.2, -0.15) is 0 Å². The van der Waals surface area contributed by atoms with Gasteiger partial charge in [-0.15, -0.1) is 0 Å². The molecular weight excluding hydrogens is 339 g/mol. The van der Waals surface area contributed by atoms with E-state index in [0.717, 1.165) is 0 Å². The molecule has 2 rings (SSSR count). The first-order chi connectivity index (χ1) is 11.0. The van der Waals surface area contributed by atoms with Crippen molar-refractivity contribution in [3.63, 3.8) is 0 Å². The zero-order chi connectivity index (χ0) is 16.8. The number of carboxylic acid groups (broad SMARTS) is 1. The molecule has 0 atom stereocenters. The van der Waals surface area contributed by atoms with Crippen LogP contribution in [0.1, 0.15) is 15.9 Å². The maximum absolute atomic E-state index is 12.1. The molecule has 0 bridgehead atoms. The first kappa shape index (κ1) is 17.1. The lowest BCUT2D eigenvalue weighted by Crippen LogP contribution is -2.28. The molecule has 0 aliphatic carbocycles. The van der Waals surface area contributed by atoms with Crippen molar-refractivity contribution in [2.45, 2.75) is 0 Å². The number of allylic oxidation sites excluding steroid dienone is 1. The molecule has 0 N–H and O–H groups in total. The average Bonchev–Trinajstić information content (AvgIpc) is 2.52. The van der Waals surface area contributed by atoms with E-state index in [4.69, 9.17) is 27.9 Å². The summed E-state index contributed by atoms with van der Waals surface area (Å²) < 4.78 is 4.94. The van der Waals surface area contributed by atoms with Crippen LogP contribution >= 0.6 is 23.2 Å². The van der Waals surface area contributed by atoms with Crippen molar-refractivity contribution in [3.05, 3.63) is 69.7 Å². The van der Waals surface area contributed by atoms with Crippen LogP contribution in [0.15, 0.2) is 48.5 Å². The smallest absolute Gasteiger partial charge is 0.185 e. The van der Waals surface area contributed by atoms with E-state index in [1.807, 2.05) is 0 Å². The zero-order valence-electron chi connectivity index (χ0n) is 11.8. The molecule has 0 spiro atoms. The number of ketones is 1. The predicted octanol–water partition coefficient (Wildman–Crippen LogP) is 3.02. The summed E-state index contributed by atoms with van der Waals surface area (Å²) in [6.07, 6.45) is 2.99. The highest BCUT2D eigenvalue weighted by Crippen LogP contribution is 2.22. The van der Waals surface area contributed by atoms with Crippen LogP contribution in [0.5, 0.6) is 5.75 Å². The molecule has 0 heterocycles. The standard InChI is InChI=1S/C17H12Cl2O4/c18-13-5-1-11(15(19)9-13)4-8-16(20)12-2-6-14(7-3-12)23-10-17(21)22/h1-9H,10H2,(H,21,22)/p-1/b8-4+. The number of hydrogen-bond donors (Lipinski definition) is 0. The van der Waals surface area contributed by atoms with Gasteiger partial charge in [-0.25, -0.2) is 0 Å². The second kappa shape index (κ2) is 7.81. The van der Waals surface area contributed by atoms with Gasteiger partial charge in [0.2, 0.25) is 0 Å². The first-order valence-electron chi connectivity index (χ1n) is 6.56. The molecule has 0 radical (unpaired) electrons. The summed E-state index contributed by atoms with van der Waals surface area (Å²) in [5.41, 5.74) is 1.12. The van der Waals surface area contributed by atoms with Crippen molar-refractivity contribution in [1.29, 1.82) is 0 Å². The Morgan fingerprint density at radius 1 is 1.09 bits per heavy atom. The quantitative estimate of drug-likeness (QED) is 0.593. The molecule has 2 aromatic rings. The summed E-state index contributed by atoms with van der Waals surface area (Å²) in [4.78, 5) is 22.4. The van der Waals surface area contributed by atoms with Crippen LogP contribution in [0.3, 0.4) is 0 Å². The summed E-state index contributed by atoms with van der Waals surface area (Å²) in [5, 5.41) is 11.3. The summed E-state index contributed by atoms with van der Waals surface area (Å²) in [7, 11) is 0. The number of halogens is 2. The minimum absolute atomic E-state index is 0.220. The Labute approximate surface area is 142 Å². The van der Waals surface area contributed by atoms with Gasteiger partial charge in [0.25, 0.3) is 0 Å². The topological polar surface area (TPSA) is 66.4 Å². The van der Waals surface area contributed by atoms with E-state index in [1.165, 1.54) is 18.2 Å². The molecule has 4 nitrogen and oxygen atoms in total. The second-order valence-electron chi connectivity index (χ2n) is 4.55. The fourth-order valence-corrected chi connectivity index (χ4v) is 2.23. The lowest BCUT2D eigenvalue weighted by molar-refractivity contribution is -0.307. The number of aliphatic carboxylic acids is 1. The average molecular weight is 350 g/mol. The van der Waals surface area contributed by atoms with Crippen molar-refractivity contribution in [2.75, 3.05) is 6.61 Å². The van der Waals surface area contributed by atoms with E-state index < -0.39 is 12.6 Å². The minimum atomic E-state index is -1.31. The Bertz CT molecular complexity index is 752. The predicted molar refractivity (Wildman–Crippen MR) is 86.8 cm³/mol. The van der Waals surface area contributed by atoms with E-state index >= 15 is 0 Å². The van der Waals surface area contributed by atoms with Crippen LogP contribution in [0.25, 0.3) is 6.08 Å². The van der Waals surface area contributed by atoms with E-state index in [2.05, 4.69) is 0 Å². The molecule has 0 unspecified atom stereocenters. The Balaban J connectivity index is 2.05.